The minimum Gasteiger partial charge on any atom is -0.341 e. The Hall–Kier alpha value is -2.13. The molecule has 0 aromatic heterocycles. The molecular formula is C22H26N2O. The lowest BCUT2D eigenvalue weighted by atomic mass is 9.89. The van der Waals surface area contributed by atoms with Gasteiger partial charge in [0.2, 0.25) is 5.91 Å². The number of piperidine rings is 1. The standard InChI is InChI=1S/C22H26N2O/c25-22(21-15-19-8-4-5-9-20(19)16-23-21)24-12-10-18(11-13-24)14-17-6-2-1-3-7-17/h1-9,18,21,23H,10-16H2. The second-order valence-corrected chi connectivity index (χ2v) is 7.36. The van der Waals surface area contributed by atoms with E-state index in [0.29, 0.717) is 5.92 Å². The number of fused-ring (bicyclic) bond motifs is 1. The molecule has 4 rings (SSSR count). The number of likely N-dealkylation sites (tertiary alicyclic amines) is 1. The van der Waals surface area contributed by atoms with Crippen LogP contribution in [0.5, 0.6) is 0 Å². The van der Waals surface area contributed by atoms with E-state index in [2.05, 4.69) is 64.8 Å². The van der Waals surface area contributed by atoms with Gasteiger partial charge in [-0.05, 0) is 48.3 Å². The highest BCUT2D eigenvalue weighted by molar-refractivity contribution is 5.82. The SMILES string of the molecule is O=C(C1Cc2ccccc2CN1)N1CCC(Cc2ccccc2)CC1. The van der Waals surface area contributed by atoms with Gasteiger partial charge in [-0.3, -0.25) is 4.79 Å². The van der Waals surface area contributed by atoms with Crippen molar-refractivity contribution in [3.05, 3.63) is 71.3 Å². The summed E-state index contributed by atoms with van der Waals surface area (Å²) >= 11 is 0. The van der Waals surface area contributed by atoms with Crippen molar-refractivity contribution in [3.63, 3.8) is 0 Å². The van der Waals surface area contributed by atoms with Crippen LogP contribution in [-0.4, -0.2) is 29.9 Å². The molecule has 1 unspecified atom stereocenters. The Balaban J connectivity index is 1.31. The lowest BCUT2D eigenvalue weighted by Gasteiger charge is -2.36. The van der Waals surface area contributed by atoms with Crippen LogP contribution < -0.4 is 5.32 Å². The van der Waals surface area contributed by atoms with Crippen molar-refractivity contribution in [2.24, 2.45) is 5.92 Å². The predicted octanol–water partition coefficient (Wildman–Crippen LogP) is 3.18. The van der Waals surface area contributed by atoms with Crippen LogP contribution in [0.2, 0.25) is 0 Å². The number of nitrogens with one attached hydrogen (secondary N) is 1. The van der Waals surface area contributed by atoms with Gasteiger partial charge in [-0.1, -0.05) is 54.6 Å². The van der Waals surface area contributed by atoms with Gasteiger partial charge in [-0.15, -0.1) is 0 Å². The van der Waals surface area contributed by atoms with E-state index < -0.39 is 0 Å². The van der Waals surface area contributed by atoms with Gasteiger partial charge in [-0.25, -0.2) is 0 Å². The molecule has 2 aliphatic heterocycles. The summed E-state index contributed by atoms with van der Waals surface area (Å²) < 4.78 is 0. The van der Waals surface area contributed by atoms with Gasteiger partial charge < -0.3 is 10.2 Å². The van der Waals surface area contributed by atoms with Crippen LogP contribution in [0.3, 0.4) is 0 Å². The molecule has 0 radical (unpaired) electrons. The second kappa shape index (κ2) is 7.40. The minimum atomic E-state index is -0.0550. The van der Waals surface area contributed by atoms with Crippen LogP contribution >= 0.6 is 0 Å². The van der Waals surface area contributed by atoms with Gasteiger partial charge in [0.1, 0.15) is 0 Å². The number of rotatable bonds is 3. The van der Waals surface area contributed by atoms with Gasteiger partial charge in [0, 0.05) is 19.6 Å². The van der Waals surface area contributed by atoms with E-state index in [9.17, 15) is 4.79 Å². The normalized spacial score (nSPS) is 21.0. The molecule has 2 heterocycles. The highest BCUT2D eigenvalue weighted by atomic mass is 16.2. The van der Waals surface area contributed by atoms with Gasteiger partial charge >= 0.3 is 0 Å². The van der Waals surface area contributed by atoms with Gasteiger partial charge in [-0.2, -0.15) is 0 Å². The molecule has 1 saturated heterocycles. The summed E-state index contributed by atoms with van der Waals surface area (Å²) in [6.45, 7) is 2.60. The molecule has 1 N–H and O–H groups in total. The zero-order chi connectivity index (χ0) is 17.1. The van der Waals surface area contributed by atoms with E-state index in [1.54, 1.807) is 0 Å². The fourth-order valence-electron chi connectivity index (χ4n) is 4.15. The molecule has 0 bridgehead atoms. The number of carbonyl (C=O) groups excluding carboxylic acids is 1. The first-order valence-electron chi connectivity index (χ1n) is 9.42. The van der Waals surface area contributed by atoms with Crippen LogP contribution in [-0.2, 0) is 24.2 Å². The lowest BCUT2D eigenvalue weighted by Crippen LogP contribution is -2.51. The maximum atomic E-state index is 12.9. The van der Waals surface area contributed by atoms with E-state index in [1.807, 2.05) is 0 Å². The molecule has 0 aliphatic carbocycles. The molecule has 2 aliphatic rings. The Labute approximate surface area is 150 Å². The number of hydrogen-bond donors (Lipinski definition) is 1. The van der Waals surface area contributed by atoms with Crippen molar-refractivity contribution in [3.8, 4) is 0 Å². The summed E-state index contributed by atoms with van der Waals surface area (Å²) in [6.07, 6.45) is 4.19. The minimum absolute atomic E-state index is 0.0550. The van der Waals surface area contributed by atoms with E-state index in [0.717, 1.165) is 45.3 Å². The fourth-order valence-corrected chi connectivity index (χ4v) is 4.15. The van der Waals surface area contributed by atoms with Crippen molar-refractivity contribution < 1.29 is 4.79 Å². The van der Waals surface area contributed by atoms with Crippen molar-refractivity contribution in [2.45, 2.75) is 38.3 Å². The van der Waals surface area contributed by atoms with E-state index >= 15 is 0 Å². The topological polar surface area (TPSA) is 32.3 Å². The van der Waals surface area contributed by atoms with E-state index in [4.69, 9.17) is 0 Å². The van der Waals surface area contributed by atoms with E-state index in [-0.39, 0.29) is 11.9 Å². The molecule has 1 amide bonds. The summed E-state index contributed by atoms with van der Waals surface area (Å²) in [4.78, 5) is 15.0. The summed E-state index contributed by atoms with van der Waals surface area (Å²) in [6, 6.07) is 19.1. The zero-order valence-corrected chi connectivity index (χ0v) is 14.7. The highest BCUT2D eigenvalue weighted by Gasteiger charge is 2.30. The van der Waals surface area contributed by atoms with Gasteiger partial charge in [0.15, 0.2) is 0 Å². The van der Waals surface area contributed by atoms with Crippen molar-refractivity contribution in [2.75, 3.05) is 13.1 Å². The number of amides is 1. The summed E-state index contributed by atoms with van der Waals surface area (Å²) in [5.41, 5.74) is 4.06. The van der Waals surface area contributed by atoms with Crippen LogP contribution in [0.1, 0.15) is 29.5 Å². The molecule has 3 heteroatoms. The van der Waals surface area contributed by atoms with Crippen LogP contribution in [0.4, 0.5) is 0 Å². The molecule has 2 aromatic rings. The summed E-state index contributed by atoms with van der Waals surface area (Å²) in [5.74, 6) is 0.985. The van der Waals surface area contributed by atoms with Gasteiger partial charge in [0.25, 0.3) is 0 Å². The average Bonchev–Trinajstić information content (AvgIpc) is 2.68. The fraction of sp³-hybridized carbons (Fsp3) is 0.409. The third-order valence-electron chi connectivity index (χ3n) is 5.67. The molecule has 130 valence electrons. The maximum absolute atomic E-state index is 12.9. The first kappa shape index (κ1) is 16.3. The van der Waals surface area contributed by atoms with Crippen LogP contribution in [0.15, 0.2) is 54.6 Å². The largest absolute Gasteiger partial charge is 0.341 e. The monoisotopic (exact) mass is 334 g/mol. The average molecular weight is 334 g/mol. The molecule has 2 aromatic carbocycles. The third-order valence-corrected chi connectivity index (χ3v) is 5.67. The Kier molecular flexibility index (Phi) is 4.84. The smallest absolute Gasteiger partial charge is 0.240 e. The molecule has 25 heavy (non-hydrogen) atoms. The summed E-state index contributed by atoms with van der Waals surface area (Å²) in [7, 11) is 0. The van der Waals surface area contributed by atoms with Crippen molar-refractivity contribution in [1.29, 1.82) is 0 Å². The first-order chi connectivity index (χ1) is 12.3. The molecule has 0 spiro atoms. The number of benzene rings is 2. The number of hydrogen-bond acceptors (Lipinski definition) is 2. The Morgan fingerprint density at radius 3 is 2.40 bits per heavy atom. The molecule has 1 atom stereocenters. The Morgan fingerprint density at radius 1 is 0.960 bits per heavy atom. The molecular weight excluding hydrogens is 308 g/mol. The highest BCUT2D eigenvalue weighted by Crippen LogP contribution is 2.23. The summed E-state index contributed by atoms with van der Waals surface area (Å²) in [5, 5.41) is 3.43. The van der Waals surface area contributed by atoms with Gasteiger partial charge in [0.05, 0.1) is 6.04 Å². The zero-order valence-electron chi connectivity index (χ0n) is 14.7. The molecule has 1 fully saturated rings. The molecule has 0 saturated carbocycles. The maximum Gasteiger partial charge on any atom is 0.240 e. The Morgan fingerprint density at radius 2 is 1.64 bits per heavy atom. The van der Waals surface area contributed by atoms with E-state index in [1.165, 1.54) is 16.7 Å². The predicted molar refractivity (Wildman–Crippen MR) is 100 cm³/mol. The lowest BCUT2D eigenvalue weighted by molar-refractivity contribution is -0.135. The first-order valence-corrected chi connectivity index (χ1v) is 9.42. The quantitative estimate of drug-likeness (QED) is 0.935. The second-order valence-electron chi connectivity index (χ2n) is 7.36. The Bertz CT molecular complexity index is 720. The number of nitrogens with zero attached hydrogens (tertiary/aromatic N) is 1. The third kappa shape index (κ3) is 3.77. The van der Waals surface area contributed by atoms with Crippen molar-refractivity contribution in [1.82, 2.24) is 10.2 Å². The van der Waals surface area contributed by atoms with Crippen LogP contribution in [0.25, 0.3) is 0 Å². The van der Waals surface area contributed by atoms with Crippen LogP contribution in [0, 0.1) is 5.92 Å². The molecule has 3 nitrogen and oxygen atoms in total. The number of carbonyl (C=O) groups is 1. The van der Waals surface area contributed by atoms with Crippen molar-refractivity contribution >= 4 is 5.91 Å².